The van der Waals surface area contributed by atoms with Crippen LogP contribution in [0.4, 0.5) is 0 Å². The Kier molecular flexibility index (Phi) is 4.06. The molecule has 0 aromatic carbocycles. The predicted octanol–water partition coefficient (Wildman–Crippen LogP) is 1.87. The number of hydrogen-bond donors (Lipinski definition) is 1. The Morgan fingerprint density at radius 3 is 2.83 bits per heavy atom. The van der Waals surface area contributed by atoms with E-state index in [9.17, 15) is 9.59 Å². The van der Waals surface area contributed by atoms with Crippen LogP contribution in [0.3, 0.4) is 0 Å². The Morgan fingerprint density at radius 1 is 1.35 bits per heavy atom. The average Bonchev–Trinajstić information content (AvgIpc) is 3.05. The van der Waals surface area contributed by atoms with Crippen molar-refractivity contribution in [1.29, 1.82) is 0 Å². The number of rotatable bonds is 3. The molecule has 2 aromatic rings. The van der Waals surface area contributed by atoms with Gasteiger partial charge in [-0.1, -0.05) is 32.1 Å². The third-order valence-corrected chi connectivity index (χ3v) is 3.88. The van der Waals surface area contributed by atoms with Crippen molar-refractivity contribution < 1.29 is 4.79 Å². The maximum atomic E-state index is 12.6. The van der Waals surface area contributed by atoms with E-state index in [0.717, 1.165) is 0 Å². The van der Waals surface area contributed by atoms with Gasteiger partial charge in [0.1, 0.15) is 11.3 Å². The van der Waals surface area contributed by atoms with Gasteiger partial charge in [0.15, 0.2) is 5.82 Å². The third kappa shape index (κ3) is 2.92. The normalized spacial score (nSPS) is 17.0. The zero-order chi connectivity index (χ0) is 16.4. The molecule has 0 saturated carbocycles. The standard InChI is InChI=1S/C17H18N4O2/c1-11(2)14-7-5-9-21(14)17(23)12-10-19-15(20-16(12)22)13-6-3-4-8-18-13/h3-8,10-11,14H,9H2,1-2H3,(H,19,20,22)/t14-/m1/s1. The van der Waals surface area contributed by atoms with Crippen LogP contribution >= 0.6 is 0 Å². The van der Waals surface area contributed by atoms with Crippen LogP contribution in [0.25, 0.3) is 11.5 Å². The molecule has 118 valence electrons. The molecule has 1 amide bonds. The van der Waals surface area contributed by atoms with E-state index in [2.05, 4.69) is 15.0 Å². The molecule has 0 spiro atoms. The van der Waals surface area contributed by atoms with E-state index in [4.69, 9.17) is 0 Å². The lowest BCUT2D eigenvalue weighted by Crippen LogP contribution is -2.41. The van der Waals surface area contributed by atoms with E-state index in [1.54, 1.807) is 23.2 Å². The van der Waals surface area contributed by atoms with Crippen LogP contribution in [0.1, 0.15) is 24.2 Å². The minimum atomic E-state index is -0.444. The van der Waals surface area contributed by atoms with Crippen molar-refractivity contribution in [2.45, 2.75) is 19.9 Å². The minimum Gasteiger partial charge on any atom is -0.328 e. The zero-order valence-electron chi connectivity index (χ0n) is 13.1. The molecule has 23 heavy (non-hydrogen) atoms. The molecule has 1 N–H and O–H groups in total. The van der Waals surface area contributed by atoms with Gasteiger partial charge >= 0.3 is 0 Å². The van der Waals surface area contributed by atoms with Crippen molar-refractivity contribution in [1.82, 2.24) is 19.9 Å². The second-order valence-electron chi connectivity index (χ2n) is 5.81. The summed E-state index contributed by atoms with van der Waals surface area (Å²) in [5, 5.41) is 0. The summed E-state index contributed by atoms with van der Waals surface area (Å²) in [4.78, 5) is 37.6. The molecule has 0 unspecified atom stereocenters. The Labute approximate surface area is 133 Å². The molecule has 0 fully saturated rings. The van der Waals surface area contributed by atoms with Gasteiger partial charge in [-0.2, -0.15) is 0 Å². The highest BCUT2D eigenvalue weighted by molar-refractivity contribution is 5.94. The van der Waals surface area contributed by atoms with Gasteiger partial charge < -0.3 is 9.88 Å². The molecule has 0 aliphatic carbocycles. The molecule has 1 aliphatic heterocycles. The first kappa shape index (κ1) is 15.1. The number of nitrogens with zero attached hydrogens (tertiary/aromatic N) is 3. The molecule has 6 heteroatoms. The van der Waals surface area contributed by atoms with Crippen LogP contribution in [0, 0.1) is 5.92 Å². The number of nitrogens with one attached hydrogen (secondary N) is 1. The molecular weight excluding hydrogens is 292 g/mol. The molecule has 2 aromatic heterocycles. The van der Waals surface area contributed by atoms with Crippen molar-refractivity contribution in [2.75, 3.05) is 6.54 Å². The van der Waals surface area contributed by atoms with Crippen molar-refractivity contribution in [3.05, 3.63) is 58.7 Å². The molecule has 0 bridgehead atoms. The quantitative estimate of drug-likeness (QED) is 0.878. The SMILES string of the molecule is CC(C)[C@H]1C=CCN1C(=O)c1cnc(-c2ccccn2)[nH]c1=O. The van der Waals surface area contributed by atoms with Crippen molar-refractivity contribution in [3.8, 4) is 11.5 Å². The number of H-pyrrole nitrogens is 1. The molecule has 1 aliphatic rings. The fourth-order valence-corrected chi connectivity index (χ4v) is 2.67. The second kappa shape index (κ2) is 6.16. The van der Waals surface area contributed by atoms with Gasteiger partial charge in [-0.05, 0) is 18.1 Å². The number of carbonyl (C=O) groups excluding carboxylic acids is 1. The summed E-state index contributed by atoms with van der Waals surface area (Å²) >= 11 is 0. The summed E-state index contributed by atoms with van der Waals surface area (Å²) < 4.78 is 0. The summed E-state index contributed by atoms with van der Waals surface area (Å²) in [6.45, 7) is 4.61. The van der Waals surface area contributed by atoms with Gasteiger partial charge in [0, 0.05) is 18.9 Å². The first-order valence-corrected chi connectivity index (χ1v) is 7.56. The molecule has 0 saturated heterocycles. The molecule has 6 nitrogen and oxygen atoms in total. The predicted molar refractivity (Wildman–Crippen MR) is 86.9 cm³/mol. The molecule has 0 radical (unpaired) electrons. The highest BCUT2D eigenvalue weighted by Crippen LogP contribution is 2.19. The molecule has 3 heterocycles. The van der Waals surface area contributed by atoms with Crippen molar-refractivity contribution >= 4 is 5.91 Å². The van der Waals surface area contributed by atoms with E-state index in [-0.39, 0.29) is 23.4 Å². The van der Waals surface area contributed by atoms with E-state index < -0.39 is 5.56 Å². The van der Waals surface area contributed by atoms with Gasteiger partial charge in [-0.3, -0.25) is 14.6 Å². The van der Waals surface area contributed by atoms with Crippen molar-refractivity contribution in [3.63, 3.8) is 0 Å². The third-order valence-electron chi connectivity index (χ3n) is 3.88. The summed E-state index contributed by atoms with van der Waals surface area (Å²) in [5.74, 6) is 0.347. The number of aromatic amines is 1. The van der Waals surface area contributed by atoms with Crippen LogP contribution in [0.2, 0.25) is 0 Å². The Morgan fingerprint density at radius 2 is 2.17 bits per heavy atom. The molecule has 3 rings (SSSR count). The lowest BCUT2D eigenvalue weighted by molar-refractivity contribution is 0.0718. The number of aromatic nitrogens is 3. The first-order valence-electron chi connectivity index (χ1n) is 7.56. The Balaban J connectivity index is 1.90. The van der Waals surface area contributed by atoms with Gasteiger partial charge in [-0.25, -0.2) is 4.98 Å². The fourth-order valence-electron chi connectivity index (χ4n) is 2.67. The largest absolute Gasteiger partial charge is 0.328 e. The summed E-state index contributed by atoms with van der Waals surface area (Å²) in [5.41, 5.74) is 0.172. The maximum absolute atomic E-state index is 12.6. The van der Waals surface area contributed by atoms with Gasteiger partial charge in [0.05, 0.1) is 6.04 Å². The van der Waals surface area contributed by atoms with E-state index in [1.807, 2.05) is 32.1 Å². The topological polar surface area (TPSA) is 79.0 Å². The fraction of sp³-hybridized carbons (Fsp3) is 0.294. The van der Waals surface area contributed by atoms with Crippen LogP contribution in [0.15, 0.2) is 47.5 Å². The summed E-state index contributed by atoms with van der Waals surface area (Å²) in [7, 11) is 0. The van der Waals surface area contributed by atoms with Crippen LogP contribution in [-0.4, -0.2) is 38.3 Å². The van der Waals surface area contributed by atoms with Gasteiger partial charge in [0.2, 0.25) is 0 Å². The second-order valence-corrected chi connectivity index (χ2v) is 5.81. The monoisotopic (exact) mass is 310 g/mol. The van der Waals surface area contributed by atoms with Gasteiger partial charge in [0.25, 0.3) is 11.5 Å². The van der Waals surface area contributed by atoms with Crippen LogP contribution in [-0.2, 0) is 0 Å². The number of hydrogen-bond acceptors (Lipinski definition) is 4. The maximum Gasteiger partial charge on any atom is 0.264 e. The minimum absolute atomic E-state index is 0.0115. The van der Waals surface area contributed by atoms with Crippen molar-refractivity contribution in [2.24, 2.45) is 5.92 Å². The molecular formula is C17H18N4O2. The zero-order valence-corrected chi connectivity index (χ0v) is 13.1. The molecule has 1 atom stereocenters. The van der Waals surface area contributed by atoms with Crippen LogP contribution in [0.5, 0.6) is 0 Å². The van der Waals surface area contributed by atoms with E-state index >= 15 is 0 Å². The summed E-state index contributed by atoms with van der Waals surface area (Å²) in [6.07, 6.45) is 6.91. The Bertz CT molecular complexity index is 796. The lowest BCUT2D eigenvalue weighted by atomic mass is 10.0. The smallest absolute Gasteiger partial charge is 0.264 e. The highest BCUT2D eigenvalue weighted by Gasteiger charge is 2.29. The van der Waals surface area contributed by atoms with Crippen LogP contribution < -0.4 is 5.56 Å². The lowest BCUT2D eigenvalue weighted by Gasteiger charge is -2.27. The highest BCUT2D eigenvalue weighted by atomic mass is 16.2. The van der Waals surface area contributed by atoms with E-state index in [1.165, 1.54) is 6.20 Å². The van der Waals surface area contributed by atoms with Gasteiger partial charge in [-0.15, -0.1) is 0 Å². The Hall–Kier alpha value is -2.76. The summed E-state index contributed by atoms with van der Waals surface area (Å²) in [6, 6.07) is 5.35. The number of amides is 1. The number of carbonyl (C=O) groups is 1. The van der Waals surface area contributed by atoms with E-state index in [0.29, 0.717) is 18.1 Å². The first-order chi connectivity index (χ1) is 11.1. The number of pyridine rings is 1. The average molecular weight is 310 g/mol.